The first kappa shape index (κ1) is 26.0. The van der Waals surface area contributed by atoms with Crippen molar-refractivity contribution >= 4 is 23.5 Å². The molecule has 3 aliphatic rings. The zero-order valence-corrected chi connectivity index (χ0v) is 21.4. The van der Waals surface area contributed by atoms with Gasteiger partial charge in [0.2, 0.25) is 0 Å². The number of carbonyl (C=O) groups excluding carboxylic acids is 1. The van der Waals surface area contributed by atoms with Gasteiger partial charge in [0.25, 0.3) is 5.91 Å². The molecule has 2 aromatic carbocycles. The van der Waals surface area contributed by atoms with Crippen molar-refractivity contribution in [1.29, 1.82) is 0 Å². The third kappa shape index (κ3) is 4.43. The molecule has 1 aromatic heterocycles. The van der Waals surface area contributed by atoms with Gasteiger partial charge in [0.05, 0.1) is 33.0 Å². The summed E-state index contributed by atoms with van der Waals surface area (Å²) in [5.41, 5.74) is -1.53. The van der Waals surface area contributed by atoms with Crippen LogP contribution in [0.5, 0.6) is 0 Å². The van der Waals surface area contributed by atoms with E-state index < -0.39 is 29.3 Å². The van der Waals surface area contributed by atoms with Gasteiger partial charge in [-0.15, -0.1) is 0 Å². The second-order valence-corrected chi connectivity index (χ2v) is 11.1. The molecule has 0 unspecified atom stereocenters. The Morgan fingerprint density at radius 1 is 1.15 bits per heavy atom. The minimum atomic E-state index is -4.56. The summed E-state index contributed by atoms with van der Waals surface area (Å²) in [7, 11) is 0. The average Bonchev–Trinajstić information content (AvgIpc) is 3.81. The van der Waals surface area contributed by atoms with Crippen LogP contribution in [-0.2, 0) is 18.4 Å². The number of nitrogens with zero attached hydrogens (tertiary/aromatic N) is 3. The van der Waals surface area contributed by atoms with Crippen LogP contribution in [0.4, 0.5) is 17.6 Å². The van der Waals surface area contributed by atoms with Gasteiger partial charge in [-0.3, -0.25) is 9.69 Å². The van der Waals surface area contributed by atoms with Crippen LogP contribution in [0, 0.1) is 11.7 Å². The Hall–Kier alpha value is -3.24. The summed E-state index contributed by atoms with van der Waals surface area (Å²) in [4.78, 5) is 27.5. The molecule has 0 bridgehead atoms. The molecule has 11 heteroatoms. The summed E-state index contributed by atoms with van der Waals surface area (Å²) in [6.07, 6.45) is -2.15. The molecule has 2 saturated carbocycles. The molecule has 3 aromatic rings. The van der Waals surface area contributed by atoms with Crippen LogP contribution in [0.3, 0.4) is 0 Å². The monoisotopic (exact) mass is 561 g/mol. The second-order valence-electron chi connectivity index (χ2n) is 10.7. The van der Waals surface area contributed by atoms with Crippen LogP contribution >= 0.6 is 11.6 Å². The SMILES string of the molecule is O=C(O)c1ccc(-c2nn(C(=O)c3c(Cl)cccc3C3(C(F)(F)F)CC3)c3c2CCN(CC2CC2)C3)c(F)c1. The van der Waals surface area contributed by atoms with Gasteiger partial charge < -0.3 is 5.11 Å². The number of hydrogen-bond donors (Lipinski definition) is 1. The molecule has 0 saturated heterocycles. The number of halogens is 5. The predicted octanol–water partition coefficient (Wildman–Crippen LogP) is 6.09. The number of fused-ring (bicyclic) bond motifs is 1. The third-order valence-corrected chi connectivity index (χ3v) is 8.37. The number of aromatic carboxylic acids is 1. The maximum Gasteiger partial charge on any atom is 0.398 e. The van der Waals surface area contributed by atoms with E-state index in [-0.39, 0.29) is 45.8 Å². The van der Waals surface area contributed by atoms with E-state index in [1.54, 1.807) is 0 Å². The quantitative estimate of drug-likeness (QED) is 0.369. The minimum absolute atomic E-state index is 0.0202. The Labute approximate surface area is 226 Å². The number of carboxylic acid groups (broad SMARTS) is 1. The summed E-state index contributed by atoms with van der Waals surface area (Å²) >= 11 is 6.39. The van der Waals surface area contributed by atoms with Crippen molar-refractivity contribution in [2.24, 2.45) is 5.92 Å². The number of benzene rings is 2. The lowest BCUT2D eigenvalue weighted by molar-refractivity contribution is -0.160. The number of alkyl halides is 3. The van der Waals surface area contributed by atoms with Crippen molar-refractivity contribution < 1.29 is 32.3 Å². The van der Waals surface area contributed by atoms with Crippen molar-refractivity contribution in [2.75, 3.05) is 13.1 Å². The molecule has 0 atom stereocenters. The molecule has 2 fully saturated rings. The van der Waals surface area contributed by atoms with E-state index in [9.17, 15) is 27.9 Å². The molecule has 204 valence electrons. The highest BCUT2D eigenvalue weighted by Gasteiger charge is 2.65. The van der Waals surface area contributed by atoms with E-state index in [0.717, 1.165) is 30.1 Å². The van der Waals surface area contributed by atoms with E-state index in [1.165, 1.54) is 30.3 Å². The Morgan fingerprint density at radius 2 is 1.90 bits per heavy atom. The number of hydrogen-bond acceptors (Lipinski definition) is 4. The lowest BCUT2D eigenvalue weighted by Crippen LogP contribution is -2.35. The molecule has 1 N–H and O–H groups in total. The highest BCUT2D eigenvalue weighted by molar-refractivity contribution is 6.34. The van der Waals surface area contributed by atoms with Crippen molar-refractivity contribution in [3.8, 4) is 11.3 Å². The van der Waals surface area contributed by atoms with Gasteiger partial charge in [-0.2, -0.15) is 23.0 Å². The fourth-order valence-corrected chi connectivity index (χ4v) is 5.85. The average molecular weight is 562 g/mol. The van der Waals surface area contributed by atoms with Gasteiger partial charge in [-0.25, -0.2) is 9.18 Å². The topological polar surface area (TPSA) is 75.4 Å². The van der Waals surface area contributed by atoms with Crippen LogP contribution in [0.15, 0.2) is 36.4 Å². The summed E-state index contributed by atoms with van der Waals surface area (Å²) in [5.74, 6) is -2.34. The molecular formula is C28H24ClF4N3O3. The lowest BCUT2D eigenvalue weighted by Gasteiger charge is -2.28. The van der Waals surface area contributed by atoms with Crippen LogP contribution in [-0.4, -0.2) is 50.9 Å². The van der Waals surface area contributed by atoms with Crippen molar-refractivity contribution in [3.63, 3.8) is 0 Å². The Balaban J connectivity index is 1.49. The zero-order valence-electron chi connectivity index (χ0n) is 20.7. The summed E-state index contributed by atoms with van der Waals surface area (Å²) < 4.78 is 58.5. The predicted molar refractivity (Wildman–Crippen MR) is 134 cm³/mol. The number of carboxylic acids is 1. The molecular weight excluding hydrogens is 538 g/mol. The fraction of sp³-hybridized carbons (Fsp3) is 0.393. The molecule has 2 heterocycles. The first-order valence-corrected chi connectivity index (χ1v) is 13.1. The number of rotatable bonds is 6. The summed E-state index contributed by atoms with van der Waals surface area (Å²) in [6, 6.07) is 7.52. The van der Waals surface area contributed by atoms with Crippen molar-refractivity contribution in [1.82, 2.24) is 14.7 Å². The standard InChI is InChI=1S/C28H24ClF4N3O3/c29-20-3-1-2-19(27(9-10-27)28(31,32)33)23(20)25(37)36-22-14-35(13-15-4-5-15)11-8-18(22)24(34-36)17-7-6-16(26(38)39)12-21(17)30/h1-3,6-7,12,15H,4-5,8-11,13-14H2,(H,38,39). The molecule has 0 spiro atoms. The molecule has 6 nitrogen and oxygen atoms in total. The first-order valence-electron chi connectivity index (χ1n) is 12.8. The normalized spacial score (nSPS) is 18.6. The maximum atomic E-state index is 15.1. The third-order valence-electron chi connectivity index (χ3n) is 8.05. The minimum Gasteiger partial charge on any atom is -0.478 e. The van der Waals surface area contributed by atoms with Crippen LogP contribution < -0.4 is 0 Å². The number of aromatic nitrogens is 2. The van der Waals surface area contributed by atoms with Gasteiger partial charge in [0.15, 0.2) is 0 Å². The largest absolute Gasteiger partial charge is 0.478 e. The number of carbonyl (C=O) groups is 2. The molecule has 6 rings (SSSR count). The molecule has 39 heavy (non-hydrogen) atoms. The first-order chi connectivity index (χ1) is 18.5. The summed E-state index contributed by atoms with van der Waals surface area (Å²) in [5, 5.41) is 13.6. The van der Waals surface area contributed by atoms with E-state index in [1.807, 2.05) is 0 Å². The van der Waals surface area contributed by atoms with E-state index in [4.69, 9.17) is 11.6 Å². The van der Waals surface area contributed by atoms with Gasteiger partial charge >= 0.3 is 12.1 Å². The fourth-order valence-electron chi connectivity index (χ4n) is 5.59. The zero-order chi connectivity index (χ0) is 27.7. The van der Waals surface area contributed by atoms with E-state index in [2.05, 4.69) is 10.00 Å². The highest BCUT2D eigenvalue weighted by atomic mass is 35.5. The van der Waals surface area contributed by atoms with Crippen LogP contribution in [0.25, 0.3) is 11.3 Å². The smallest absolute Gasteiger partial charge is 0.398 e. The molecule has 1 aliphatic heterocycles. The Morgan fingerprint density at radius 3 is 2.51 bits per heavy atom. The Kier molecular flexibility index (Phi) is 6.11. The van der Waals surface area contributed by atoms with Gasteiger partial charge in [-0.05, 0) is 67.9 Å². The van der Waals surface area contributed by atoms with Crippen LogP contribution in [0.1, 0.15) is 63.2 Å². The van der Waals surface area contributed by atoms with Gasteiger partial charge in [-0.1, -0.05) is 23.7 Å². The van der Waals surface area contributed by atoms with Gasteiger partial charge in [0, 0.05) is 30.8 Å². The van der Waals surface area contributed by atoms with E-state index in [0.29, 0.717) is 36.7 Å². The maximum absolute atomic E-state index is 15.1. The molecule has 2 aliphatic carbocycles. The Bertz CT molecular complexity index is 1510. The van der Waals surface area contributed by atoms with Crippen LogP contribution in [0.2, 0.25) is 5.02 Å². The highest BCUT2D eigenvalue weighted by Crippen LogP contribution is 2.60. The van der Waals surface area contributed by atoms with E-state index >= 15 is 4.39 Å². The van der Waals surface area contributed by atoms with Crippen molar-refractivity contribution in [2.45, 2.75) is 50.2 Å². The second kappa shape index (κ2) is 9.16. The summed E-state index contributed by atoms with van der Waals surface area (Å²) in [6.45, 7) is 1.80. The lowest BCUT2D eigenvalue weighted by atomic mass is 9.90. The molecule has 0 radical (unpaired) electrons. The van der Waals surface area contributed by atoms with Gasteiger partial charge in [0.1, 0.15) is 5.82 Å². The van der Waals surface area contributed by atoms with Crippen molar-refractivity contribution in [3.05, 3.63) is 75.2 Å². The molecule has 0 amide bonds.